The second kappa shape index (κ2) is 3.69. The highest BCUT2D eigenvalue weighted by Gasteiger charge is 2.26. The molecular weight excluding hydrogens is 148 g/mol. The number of hydrogen-bond donors (Lipinski definition) is 1. The first-order valence-electron chi connectivity index (χ1n) is 3.62. The lowest BCUT2D eigenvalue weighted by atomic mass is 10.2. The largest absolute Gasteiger partial charge is 0.460 e. The fraction of sp³-hybridized carbons (Fsp3) is 0.857. The molecule has 2 unspecified atom stereocenters. The highest BCUT2D eigenvalue weighted by atomic mass is 16.6. The molecule has 0 aliphatic carbocycles. The van der Waals surface area contributed by atoms with E-state index in [-0.39, 0.29) is 24.8 Å². The van der Waals surface area contributed by atoms with E-state index in [1.165, 1.54) is 6.92 Å². The molecule has 1 aliphatic heterocycles. The Balaban J connectivity index is 2.24. The monoisotopic (exact) mass is 160 g/mol. The highest BCUT2D eigenvalue weighted by Crippen LogP contribution is 2.15. The Labute approximate surface area is 65.1 Å². The average Bonchev–Trinajstić information content (AvgIpc) is 2.34. The first kappa shape index (κ1) is 8.49. The summed E-state index contributed by atoms with van der Waals surface area (Å²) in [6.45, 7) is 1.77. The van der Waals surface area contributed by atoms with Gasteiger partial charge in [-0.05, 0) is 0 Å². The topological polar surface area (TPSA) is 55.8 Å². The first-order chi connectivity index (χ1) is 5.22. The Bertz CT molecular complexity index is 145. The molecule has 0 aromatic rings. The normalized spacial score (nSPS) is 30.4. The number of aliphatic hydroxyl groups is 1. The number of ether oxygens (including phenoxy) is 2. The van der Waals surface area contributed by atoms with Gasteiger partial charge in [0.05, 0.1) is 19.3 Å². The third-order valence-electron chi connectivity index (χ3n) is 1.58. The summed E-state index contributed by atoms with van der Waals surface area (Å²) >= 11 is 0. The lowest BCUT2D eigenvalue weighted by molar-refractivity contribution is -0.146. The average molecular weight is 160 g/mol. The SMILES string of the molecule is CC(=O)OC1COC(CO)C1. The molecule has 0 bridgehead atoms. The van der Waals surface area contributed by atoms with Gasteiger partial charge in [0.2, 0.25) is 0 Å². The van der Waals surface area contributed by atoms with E-state index in [1.54, 1.807) is 0 Å². The van der Waals surface area contributed by atoms with Gasteiger partial charge < -0.3 is 14.6 Å². The van der Waals surface area contributed by atoms with Gasteiger partial charge in [-0.25, -0.2) is 0 Å². The maximum atomic E-state index is 10.5. The van der Waals surface area contributed by atoms with Gasteiger partial charge in [-0.15, -0.1) is 0 Å². The second-order valence-corrected chi connectivity index (χ2v) is 2.61. The Hall–Kier alpha value is -0.610. The van der Waals surface area contributed by atoms with Crippen LogP contribution in [-0.4, -0.2) is 36.5 Å². The van der Waals surface area contributed by atoms with Crippen LogP contribution in [0.1, 0.15) is 13.3 Å². The van der Waals surface area contributed by atoms with Crippen LogP contribution in [0.25, 0.3) is 0 Å². The fourth-order valence-corrected chi connectivity index (χ4v) is 1.12. The molecule has 4 heteroatoms. The molecule has 0 aromatic heterocycles. The Kier molecular flexibility index (Phi) is 2.84. The van der Waals surface area contributed by atoms with Crippen LogP contribution in [0.3, 0.4) is 0 Å². The molecule has 64 valence electrons. The summed E-state index contributed by atoms with van der Waals surface area (Å²) in [5.41, 5.74) is 0. The van der Waals surface area contributed by atoms with Crippen LogP contribution in [0.2, 0.25) is 0 Å². The van der Waals surface area contributed by atoms with E-state index in [9.17, 15) is 4.79 Å². The van der Waals surface area contributed by atoms with Gasteiger partial charge in [-0.2, -0.15) is 0 Å². The van der Waals surface area contributed by atoms with Crippen LogP contribution in [0.5, 0.6) is 0 Å². The zero-order chi connectivity index (χ0) is 8.27. The van der Waals surface area contributed by atoms with Gasteiger partial charge in [0.15, 0.2) is 0 Å². The summed E-state index contributed by atoms with van der Waals surface area (Å²) in [4.78, 5) is 10.5. The number of hydrogen-bond acceptors (Lipinski definition) is 4. The molecule has 1 saturated heterocycles. The van der Waals surface area contributed by atoms with Gasteiger partial charge in [0.25, 0.3) is 0 Å². The molecular formula is C7H12O4. The predicted molar refractivity (Wildman–Crippen MR) is 37.0 cm³/mol. The molecule has 1 rings (SSSR count). The fourth-order valence-electron chi connectivity index (χ4n) is 1.12. The summed E-state index contributed by atoms with van der Waals surface area (Å²) in [6, 6.07) is 0. The number of aliphatic hydroxyl groups excluding tert-OH is 1. The predicted octanol–water partition coefficient (Wildman–Crippen LogP) is -0.301. The van der Waals surface area contributed by atoms with Crippen molar-refractivity contribution < 1.29 is 19.4 Å². The van der Waals surface area contributed by atoms with E-state index < -0.39 is 0 Å². The van der Waals surface area contributed by atoms with Crippen LogP contribution in [0.15, 0.2) is 0 Å². The van der Waals surface area contributed by atoms with Crippen molar-refractivity contribution in [1.82, 2.24) is 0 Å². The summed E-state index contributed by atoms with van der Waals surface area (Å²) in [6.07, 6.45) is 0.291. The number of esters is 1. The molecule has 0 saturated carbocycles. The van der Waals surface area contributed by atoms with Crippen molar-refractivity contribution in [2.75, 3.05) is 13.2 Å². The zero-order valence-corrected chi connectivity index (χ0v) is 6.45. The van der Waals surface area contributed by atoms with E-state index in [1.807, 2.05) is 0 Å². The Morgan fingerprint density at radius 3 is 3.00 bits per heavy atom. The van der Waals surface area contributed by atoms with Crippen molar-refractivity contribution in [1.29, 1.82) is 0 Å². The van der Waals surface area contributed by atoms with Crippen molar-refractivity contribution in [3.05, 3.63) is 0 Å². The molecule has 0 spiro atoms. The molecule has 0 radical (unpaired) electrons. The van der Waals surface area contributed by atoms with Gasteiger partial charge in [0.1, 0.15) is 6.10 Å². The van der Waals surface area contributed by atoms with Crippen LogP contribution in [-0.2, 0) is 14.3 Å². The van der Waals surface area contributed by atoms with Crippen molar-refractivity contribution in [2.24, 2.45) is 0 Å². The van der Waals surface area contributed by atoms with E-state index in [4.69, 9.17) is 14.6 Å². The van der Waals surface area contributed by atoms with Crippen molar-refractivity contribution in [3.8, 4) is 0 Å². The van der Waals surface area contributed by atoms with Crippen molar-refractivity contribution in [3.63, 3.8) is 0 Å². The molecule has 11 heavy (non-hydrogen) atoms. The third kappa shape index (κ3) is 2.48. The lowest BCUT2D eigenvalue weighted by Crippen LogP contribution is -2.16. The van der Waals surface area contributed by atoms with Gasteiger partial charge in [-0.1, -0.05) is 0 Å². The summed E-state index contributed by atoms with van der Waals surface area (Å²) in [7, 11) is 0. The third-order valence-corrected chi connectivity index (χ3v) is 1.58. The molecule has 1 N–H and O–H groups in total. The summed E-state index contributed by atoms with van der Waals surface area (Å²) in [5, 5.41) is 8.65. The number of carbonyl (C=O) groups excluding carboxylic acids is 1. The maximum Gasteiger partial charge on any atom is 0.302 e. The van der Waals surface area contributed by atoms with Gasteiger partial charge >= 0.3 is 5.97 Å². The molecule has 2 atom stereocenters. The number of carbonyl (C=O) groups is 1. The van der Waals surface area contributed by atoms with Crippen LogP contribution < -0.4 is 0 Å². The highest BCUT2D eigenvalue weighted by molar-refractivity contribution is 5.66. The van der Waals surface area contributed by atoms with E-state index in [0.29, 0.717) is 13.0 Å². The Morgan fingerprint density at radius 1 is 1.82 bits per heavy atom. The van der Waals surface area contributed by atoms with Crippen LogP contribution in [0.4, 0.5) is 0 Å². The Morgan fingerprint density at radius 2 is 2.55 bits per heavy atom. The van der Waals surface area contributed by atoms with E-state index in [0.717, 1.165) is 0 Å². The quantitative estimate of drug-likeness (QED) is 0.563. The molecule has 1 fully saturated rings. The maximum absolute atomic E-state index is 10.5. The minimum absolute atomic E-state index is 0.00222. The van der Waals surface area contributed by atoms with Gasteiger partial charge in [0, 0.05) is 13.3 Å². The minimum Gasteiger partial charge on any atom is -0.460 e. The lowest BCUT2D eigenvalue weighted by Gasteiger charge is -2.06. The number of rotatable bonds is 2. The summed E-state index contributed by atoms with van der Waals surface area (Å²) < 4.78 is 9.96. The van der Waals surface area contributed by atoms with Crippen molar-refractivity contribution in [2.45, 2.75) is 25.6 Å². The van der Waals surface area contributed by atoms with Gasteiger partial charge in [-0.3, -0.25) is 4.79 Å². The van der Waals surface area contributed by atoms with Crippen LogP contribution in [0, 0.1) is 0 Å². The molecule has 4 nitrogen and oxygen atoms in total. The molecule has 1 aliphatic rings. The van der Waals surface area contributed by atoms with E-state index >= 15 is 0 Å². The molecule has 1 heterocycles. The second-order valence-electron chi connectivity index (χ2n) is 2.61. The first-order valence-corrected chi connectivity index (χ1v) is 3.62. The standard InChI is InChI=1S/C7H12O4/c1-5(9)11-7-2-6(3-8)10-4-7/h6-8H,2-4H2,1H3. The minimum atomic E-state index is -0.294. The van der Waals surface area contributed by atoms with Crippen molar-refractivity contribution >= 4 is 5.97 Å². The summed E-state index contributed by atoms with van der Waals surface area (Å²) in [5.74, 6) is -0.294. The van der Waals surface area contributed by atoms with E-state index in [2.05, 4.69) is 0 Å². The smallest absolute Gasteiger partial charge is 0.302 e. The molecule has 0 aromatic carbocycles. The van der Waals surface area contributed by atoms with Crippen LogP contribution >= 0.6 is 0 Å². The zero-order valence-electron chi connectivity index (χ0n) is 6.45. The molecule has 0 amide bonds.